The van der Waals surface area contributed by atoms with Gasteiger partial charge in [-0.3, -0.25) is 0 Å². The van der Waals surface area contributed by atoms with Crippen molar-refractivity contribution in [3.05, 3.63) is 24.3 Å². The molecule has 5 atom stereocenters. The molecule has 2 fully saturated rings. The van der Waals surface area contributed by atoms with Crippen molar-refractivity contribution in [3.63, 3.8) is 0 Å². The van der Waals surface area contributed by atoms with Crippen LogP contribution in [-0.2, 0) is 9.47 Å². The van der Waals surface area contributed by atoms with Gasteiger partial charge < -0.3 is 9.47 Å². The van der Waals surface area contributed by atoms with E-state index >= 15 is 0 Å². The molecule has 0 bridgehead atoms. The molecule has 0 N–H and O–H groups in total. The summed E-state index contributed by atoms with van der Waals surface area (Å²) >= 11 is 0. The van der Waals surface area contributed by atoms with E-state index in [0.29, 0.717) is 30.0 Å². The number of ether oxygens (including phenoxy) is 2. The van der Waals surface area contributed by atoms with E-state index < -0.39 is 0 Å². The molecule has 2 rings (SSSR count). The van der Waals surface area contributed by atoms with Crippen LogP contribution in [0.15, 0.2) is 24.3 Å². The second-order valence-electron chi connectivity index (χ2n) is 9.17. The van der Waals surface area contributed by atoms with E-state index in [4.69, 9.17) is 9.47 Å². The van der Waals surface area contributed by atoms with Crippen molar-refractivity contribution in [2.24, 2.45) is 23.7 Å². The minimum Gasteiger partial charge on any atom is -0.381 e. The second-order valence-corrected chi connectivity index (χ2v) is 9.17. The summed E-state index contributed by atoms with van der Waals surface area (Å²) in [6.45, 7) is 7.65. The van der Waals surface area contributed by atoms with Gasteiger partial charge in [0.1, 0.15) is 0 Å². The van der Waals surface area contributed by atoms with E-state index in [1.54, 1.807) is 0 Å². The Labute approximate surface area is 175 Å². The van der Waals surface area contributed by atoms with Crippen molar-refractivity contribution in [1.82, 2.24) is 0 Å². The van der Waals surface area contributed by atoms with Gasteiger partial charge in [0.05, 0.1) is 12.2 Å². The van der Waals surface area contributed by atoms with E-state index in [-0.39, 0.29) is 0 Å². The molecule has 0 spiro atoms. The Kier molecular flexibility index (Phi) is 11.5. The molecular weight excluding hydrogens is 344 g/mol. The van der Waals surface area contributed by atoms with E-state index in [1.165, 1.54) is 57.8 Å². The van der Waals surface area contributed by atoms with Crippen molar-refractivity contribution < 1.29 is 9.47 Å². The lowest BCUT2D eigenvalue weighted by atomic mass is 9.76. The standard InChI is InChI=1S/C26H46O2/c1-5-8-13-21(7-3)20-28-26-19-23(12-6-2)25(27-4)18-24(26)17-16-22-14-10-9-11-15-22/h6,12,16-17,21-26H,5,7-11,13-15,18-20H2,1-4H3/b12-6+,17-16+. The third kappa shape index (κ3) is 7.67. The van der Waals surface area contributed by atoms with Crippen LogP contribution >= 0.6 is 0 Å². The van der Waals surface area contributed by atoms with Gasteiger partial charge in [-0.15, -0.1) is 0 Å². The molecule has 0 heterocycles. The maximum absolute atomic E-state index is 6.61. The molecule has 2 aliphatic carbocycles. The van der Waals surface area contributed by atoms with Gasteiger partial charge in [-0.05, 0) is 50.9 Å². The Morgan fingerprint density at radius 1 is 0.929 bits per heavy atom. The first-order valence-corrected chi connectivity index (χ1v) is 12.2. The number of hydrogen-bond acceptors (Lipinski definition) is 2. The first kappa shape index (κ1) is 23.7. The molecule has 5 unspecified atom stereocenters. The summed E-state index contributed by atoms with van der Waals surface area (Å²) in [5, 5.41) is 0. The predicted molar refractivity (Wildman–Crippen MR) is 121 cm³/mol. The smallest absolute Gasteiger partial charge is 0.0645 e. The van der Waals surface area contributed by atoms with Gasteiger partial charge in [-0.25, -0.2) is 0 Å². The Balaban J connectivity index is 2.02. The molecule has 2 saturated carbocycles. The second kappa shape index (κ2) is 13.6. The lowest BCUT2D eigenvalue weighted by Gasteiger charge is -2.39. The maximum atomic E-state index is 6.61. The molecule has 0 amide bonds. The van der Waals surface area contributed by atoms with Crippen LogP contribution in [0.5, 0.6) is 0 Å². The lowest BCUT2D eigenvalue weighted by molar-refractivity contribution is -0.0683. The summed E-state index contributed by atoms with van der Waals surface area (Å²) < 4.78 is 12.5. The summed E-state index contributed by atoms with van der Waals surface area (Å²) in [6, 6.07) is 0. The van der Waals surface area contributed by atoms with Crippen LogP contribution < -0.4 is 0 Å². The minimum absolute atomic E-state index is 0.319. The zero-order valence-corrected chi connectivity index (χ0v) is 19.1. The van der Waals surface area contributed by atoms with E-state index in [2.05, 4.69) is 45.1 Å². The number of rotatable bonds is 11. The van der Waals surface area contributed by atoms with Crippen molar-refractivity contribution in [2.45, 2.75) is 104 Å². The van der Waals surface area contributed by atoms with E-state index in [9.17, 15) is 0 Å². The summed E-state index contributed by atoms with van der Waals surface area (Å²) in [4.78, 5) is 0. The van der Waals surface area contributed by atoms with E-state index in [0.717, 1.165) is 25.4 Å². The molecule has 2 aliphatic rings. The average Bonchev–Trinajstić information content (AvgIpc) is 2.74. The molecule has 2 nitrogen and oxygen atoms in total. The molecule has 0 aromatic heterocycles. The van der Waals surface area contributed by atoms with Crippen LogP contribution in [0.2, 0.25) is 0 Å². The monoisotopic (exact) mass is 390 g/mol. The zero-order chi connectivity index (χ0) is 20.2. The highest BCUT2D eigenvalue weighted by Crippen LogP contribution is 2.36. The molecule has 0 aliphatic heterocycles. The fraction of sp³-hybridized carbons (Fsp3) is 0.846. The van der Waals surface area contributed by atoms with Crippen molar-refractivity contribution >= 4 is 0 Å². The molecule has 2 heteroatoms. The highest BCUT2D eigenvalue weighted by molar-refractivity contribution is 5.04. The molecule has 0 aromatic rings. The van der Waals surface area contributed by atoms with Gasteiger partial charge in [0.2, 0.25) is 0 Å². The van der Waals surface area contributed by atoms with Crippen molar-refractivity contribution in [1.29, 1.82) is 0 Å². The number of unbranched alkanes of at least 4 members (excludes halogenated alkanes) is 1. The Bertz CT molecular complexity index is 449. The Hall–Kier alpha value is -0.600. The van der Waals surface area contributed by atoms with Crippen LogP contribution in [0.1, 0.15) is 91.4 Å². The van der Waals surface area contributed by atoms with Gasteiger partial charge in [0.25, 0.3) is 0 Å². The first-order valence-electron chi connectivity index (χ1n) is 12.2. The summed E-state index contributed by atoms with van der Waals surface area (Å²) in [6.07, 6.45) is 24.5. The summed E-state index contributed by atoms with van der Waals surface area (Å²) in [7, 11) is 1.88. The van der Waals surface area contributed by atoms with E-state index in [1.807, 2.05) is 7.11 Å². The third-order valence-electron chi connectivity index (χ3n) is 7.08. The van der Waals surface area contributed by atoms with Crippen LogP contribution in [0.4, 0.5) is 0 Å². The first-order chi connectivity index (χ1) is 13.7. The van der Waals surface area contributed by atoms with Gasteiger partial charge in [-0.1, -0.05) is 76.7 Å². The number of hydrogen-bond donors (Lipinski definition) is 0. The summed E-state index contributed by atoms with van der Waals surface area (Å²) in [5.41, 5.74) is 0. The van der Waals surface area contributed by atoms with Gasteiger partial charge in [-0.2, -0.15) is 0 Å². The van der Waals surface area contributed by atoms with Crippen LogP contribution in [0.3, 0.4) is 0 Å². The molecule has 162 valence electrons. The topological polar surface area (TPSA) is 18.5 Å². The fourth-order valence-corrected chi connectivity index (χ4v) is 5.09. The van der Waals surface area contributed by atoms with Gasteiger partial charge >= 0.3 is 0 Å². The predicted octanol–water partition coefficient (Wildman–Crippen LogP) is 7.34. The van der Waals surface area contributed by atoms with Crippen LogP contribution in [0, 0.1) is 23.7 Å². The highest BCUT2D eigenvalue weighted by Gasteiger charge is 2.36. The minimum atomic E-state index is 0.319. The highest BCUT2D eigenvalue weighted by atomic mass is 16.5. The van der Waals surface area contributed by atoms with Gasteiger partial charge in [0, 0.05) is 25.6 Å². The van der Waals surface area contributed by atoms with Crippen molar-refractivity contribution in [2.75, 3.05) is 13.7 Å². The lowest BCUT2D eigenvalue weighted by Crippen LogP contribution is -2.40. The number of allylic oxidation sites excluding steroid dienone is 2. The third-order valence-corrected chi connectivity index (χ3v) is 7.08. The van der Waals surface area contributed by atoms with Crippen molar-refractivity contribution in [3.8, 4) is 0 Å². The zero-order valence-electron chi connectivity index (χ0n) is 19.1. The quantitative estimate of drug-likeness (QED) is 0.343. The summed E-state index contributed by atoms with van der Waals surface area (Å²) in [5.74, 6) is 2.48. The SMILES string of the molecule is C/C=C/C1CC(OCC(CC)CCCC)C(/C=C/C2CCCCC2)CC1OC. The van der Waals surface area contributed by atoms with Crippen LogP contribution in [0.25, 0.3) is 0 Å². The van der Waals surface area contributed by atoms with Gasteiger partial charge in [0.15, 0.2) is 0 Å². The maximum Gasteiger partial charge on any atom is 0.0645 e. The molecule has 0 saturated heterocycles. The fourth-order valence-electron chi connectivity index (χ4n) is 5.09. The normalized spacial score (nSPS) is 31.0. The van der Waals surface area contributed by atoms with Crippen LogP contribution in [-0.4, -0.2) is 25.9 Å². The molecule has 0 radical (unpaired) electrons. The average molecular weight is 391 g/mol. The molecular formula is C26H46O2. The largest absolute Gasteiger partial charge is 0.381 e. The Morgan fingerprint density at radius 3 is 2.29 bits per heavy atom. The number of methoxy groups -OCH3 is 1. The molecule has 28 heavy (non-hydrogen) atoms. The Morgan fingerprint density at radius 2 is 1.64 bits per heavy atom. The molecule has 0 aromatic carbocycles.